The van der Waals surface area contributed by atoms with Gasteiger partial charge in [-0.25, -0.2) is 0 Å². The molecule has 2 heterocycles. The number of thiophene rings is 1. The minimum absolute atomic E-state index is 0.00968. The van der Waals surface area contributed by atoms with Crippen molar-refractivity contribution in [1.82, 2.24) is 0 Å². The van der Waals surface area contributed by atoms with E-state index in [0.29, 0.717) is 23.0 Å². The Morgan fingerprint density at radius 1 is 1.65 bits per heavy atom. The molecule has 0 aromatic carbocycles. The van der Waals surface area contributed by atoms with E-state index in [0.717, 1.165) is 0 Å². The number of hydrogen-bond donors (Lipinski definition) is 1. The molecule has 0 aliphatic carbocycles. The Hall–Kier alpha value is -1.18. The third kappa shape index (κ3) is 3.11. The predicted octanol–water partition coefficient (Wildman–Crippen LogP) is 2.71. The number of morpholine rings is 1. The maximum Gasteiger partial charge on any atom is 0.304 e. The van der Waals surface area contributed by atoms with Gasteiger partial charge in [-0.05, 0) is 27.7 Å². The van der Waals surface area contributed by atoms with E-state index in [1.807, 2.05) is 25.7 Å². The first-order valence-corrected chi connectivity index (χ1v) is 7.40. The highest BCUT2D eigenvalue weighted by atomic mass is 32.1. The van der Waals surface area contributed by atoms with E-state index in [2.05, 4.69) is 0 Å². The van der Waals surface area contributed by atoms with Crippen molar-refractivity contribution in [3.8, 4) is 0 Å². The van der Waals surface area contributed by atoms with E-state index < -0.39 is 6.10 Å². The van der Waals surface area contributed by atoms with Gasteiger partial charge in [0.15, 0.2) is 5.00 Å². The number of ether oxygens (including phenoxy) is 1. The predicted molar refractivity (Wildman–Crippen MR) is 78.4 cm³/mol. The van der Waals surface area contributed by atoms with Crippen molar-refractivity contribution < 1.29 is 14.8 Å². The molecule has 112 valence electrons. The molecule has 1 aliphatic heterocycles. The maximum absolute atomic E-state index is 11.2. The molecule has 1 N–H and O–H groups in total. The lowest BCUT2D eigenvalue weighted by atomic mass is 10.1. The van der Waals surface area contributed by atoms with Crippen molar-refractivity contribution in [3.05, 3.63) is 21.1 Å². The highest BCUT2D eigenvalue weighted by molar-refractivity contribution is 7.16. The van der Waals surface area contributed by atoms with E-state index >= 15 is 0 Å². The van der Waals surface area contributed by atoms with Gasteiger partial charge in [0.1, 0.15) is 0 Å². The second-order valence-corrected chi connectivity index (χ2v) is 6.90. The van der Waals surface area contributed by atoms with E-state index in [1.54, 1.807) is 6.92 Å². The summed E-state index contributed by atoms with van der Waals surface area (Å²) in [6.07, 6.45) is -0.686. The topological polar surface area (TPSA) is 75.8 Å². The van der Waals surface area contributed by atoms with Crippen LogP contribution in [0.4, 0.5) is 10.7 Å². The number of nitro groups is 1. The lowest BCUT2D eigenvalue weighted by molar-refractivity contribution is -0.383. The normalized spacial score (nSPS) is 23.6. The van der Waals surface area contributed by atoms with Crippen molar-refractivity contribution >= 4 is 22.0 Å². The van der Waals surface area contributed by atoms with Crippen molar-refractivity contribution in [2.45, 2.75) is 45.5 Å². The summed E-state index contributed by atoms with van der Waals surface area (Å²) in [7, 11) is 0. The summed E-state index contributed by atoms with van der Waals surface area (Å²) in [6.45, 7) is 8.74. The average Bonchev–Trinajstić information content (AvgIpc) is 2.70. The van der Waals surface area contributed by atoms with Crippen LogP contribution in [0.15, 0.2) is 6.07 Å². The molecule has 20 heavy (non-hydrogen) atoms. The second-order valence-electron chi connectivity index (χ2n) is 5.84. The Morgan fingerprint density at radius 3 is 2.80 bits per heavy atom. The van der Waals surface area contributed by atoms with Crippen molar-refractivity contribution in [2.75, 3.05) is 18.0 Å². The fourth-order valence-corrected chi connectivity index (χ4v) is 3.63. The van der Waals surface area contributed by atoms with E-state index in [1.165, 1.54) is 17.4 Å². The molecule has 0 bridgehead atoms. The number of anilines is 1. The van der Waals surface area contributed by atoms with Crippen LogP contribution in [-0.2, 0) is 4.74 Å². The van der Waals surface area contributed by atoms with Gasteiger partial charge in [0, 0.05) is 24.0 Å². The lowest BCUT2D eigenvalue weighted by Crippen LogP contribution is -2.51. The number of nitrogens with zero attached hydrogens (tertiary/aromatic N) is 2. The maximum atomic E-state index is 11.2. The van der Waals surface area contributed by atoms with Crippen LogP contribution in [0, 0.1) is 10.1 Å². The first kappa shape index (κ1) is 15.2. The SMILES string of the molecule is CC1CN(c2sc(C(C)O)cc2[N+](=O)[O-])CC(C)(C)O1. The van der Waals surface area contributed by atoms with Crippen LogP contribution in [0.2, 0.25) is 0 Å². The molecule has 1 aromatic heterocycles. The first-order chi connectivity index (χ1) is 9.19. The second kappa shape index (κ2) is 5.31. The molecule has 0 amide bonds. The summed E-state index contributed by atoms with van der Waals surface area (Å²) in [5.74, 6) is 0. The van der Waals surface area contributed by atoms with Gasteiger partial charge in [-0.2, -0.15) is 0 Å². The van der Waals surface area contributed by atoms with Crippen LogP contribution in [-0.4, -0.2) is 34.8 Å². The summed E-state index contributed by atoms with van der Waals surface area (Å²) >= 11 is 1.28. The monoisotopic (exact) mass is 300 g/mol. The van der Waals surface area contributed by atoms with Gasteiger partial charge in [0.25, 0.3) is 0 Å². The molecule has 7 heteroatoms. The third-order valence-electron chi connectivity index (χ3n) is 3.18. The lowest BCUT2D eigenvalue weighted by Gasteiger charge is -2.41. The highest BCUT2D eigenvalue weighted by Crippen LogP contribution is 2.41. The van der Waals surface area contributed by atoms with E-state index in [-0.39, 0.29) is 22.3 Å². The number of aliphatic hydroxyl groups is 1. The number of aliphatic hydroxyl groups excluding tert-OH is 1. The zero-order valence-electron chi connectivity index (χ0n) is 12.1. The summed E-state index contributed by atoms with van der Waals surface area (Å²) in [4.78, 5) is 13.4. The Labute approximate surface area is 122 Å². The molecular formula is C13H20N2O4S. The average molecular weight is 300 g/mol. The van der Waals surface area contributed by atoms with Gasteiger partial charge in [-0.1, -0.05) is 0 Å². The van der Waals surface area contributed by atoms with Crippen LogP contribution in [0.5, 0.6) is 0 Å². The largest absolute Gasteiger partial charge is 0.388 e. The quantitative estimate of drug-likeness (QED) is 0.686. The van der Waals surface area contributed by atoms with Crippen LogP contribution in [0.1, 0.15) is 38.7 Å². The highest BCUT2D eigenvalue weighted by Gasteiger charge is 2.35. The van der Waals surface area contributed by atoms with E-state index in [4.69, 9.17) is 4.74 Å². The number of hydrogen-bond acceptors (Lipinski definition) is 6. The van der Waals surface area contributed by atoms with Gasteiger partial charge in [0.2, 0.25) is 0 Å². The Balaban J connectivity index is 2.38. The minimum Gasteiger partial charge on any atom is -0.388 e. The van der Waals surface area contributed by atoms with Gasteiger partial charge < -0.3 is 14.7 Å². The summed E-state index contributed by atoms with van der Waals surface area (Å²) in [5, 5.41) is 21.5. The zero-order valence-corrected chi connectivity index (χ0v) is 12.9. The van der Waals surface area contributed by atoms with Gasteiger partial charge in [-0.3, -0.25) is 10.1 Å². The molecule has 0 radical (unpaired) electrons. The van der Waals surface area contributed by atoms with Crippen molar-refractivity contribution in [3.63, 3.8) is 0 Å². The molecule has 2 unspecified atom stereocenters. The standard InChI is InChI=1S/C13H20N2O4S/c1-8-6-14(7-13(3,4)19-8)12-10(15(17)18)5-11(20-12)9(2)16/h5,8-9,16H,6-7H2,1-4H3. The molecule has 0 saturated carbocycles. The fraction of sp³-hybridized carbons (Fsp3) is 0.692. The van der Waals surface area contributed by atoms with E-state index in [9.17, 15) is 15.2 Å². The number of rotatable bonds is 3. The molecular weight excluding hydrogens is 280 g/mol. The molecule has 1 fully saturated rings. The van der Waals surface area contributed by atoms with Gasteiger partial charge >= 0.3 is 5.69 Å². The minimum atomic E-state index is -0.695. The smallest absolute Gasteiger partial charge is 0.304 e. The van der Waals surface area contributed by atoms with Crippen molar-refractivity contribution in [1.29, 1.82) is 0 Å². The van der Waals surface area contributed by atoms with Gasteiger partial charge in [0.05, 0.1) is 22.7 Å². The summed E-state index contributed by atoms with van der Waals surface area (Å²) in [6, 6.07) is 1.47. The molecule has 1 aliphatic rings. The van der Waals surface area contributed by atoms with Crippen LogP contribution in [0.25, 0.3) is 0 Å². The Kier molecular flexibility index (Phi) is 4.04. The summed E-state index contributed by atoms with van der Waals surface area (Å²) < 4.78 is 5.82. The van der Waals surface area contributed by atoms with Crippen LogP contribution in [0.3, 0.4) is 0 Å². The van der Waals surface area contributed by atoms with Crippen molar-refractivity contribution in [2.24, 2.45) is 0 Å². The first-order valence-electron chi connectivity index (χ1n) is 6.58. The molecule has 1 saturated heterocycles. The molecule has 0 spiro atoms. The van der Waals surface area contributed by atoms with Gasteiger partial charge in [-0.15, -0.1) is 11.3 Å². The fourth-order valence-electron chi connectivity index (χ4n) is 2.56. The molecule has 6 nitrogen and oxygen atoms in total. The Bertz CT molecular complexity index is 512. The summed E-state index contributed by atoms with van der Waals surface area (Å²) in [5.41, 5.74) is -0.281. The third-order valence-corrected chi connectivity index (χ3v) is 4.53. The zero-order chi connectivity index (χ0) is 15.1. The molecule has 2 atom stereocenters. The van der Waals surface area contributed by atoms with Crippen LogP contribution < -0.4 is 4.90 Å². The molecule has 2 rings (SSSR count). The Morgan fingerprint density at radius 2 is 2.30 bits per heavy atom. The van der Waals surface area contributed by atoms with Crippen LogP contribution >= 0.6 is 11.3 Å². The molecule has 1 aromatic rings.